The summed E-state index contributed by atoms with van der Waals surface area (Å²) in [5.74, 6) is 0. The van der Waals surface area contributed by atoms with Gasteiger partial charge < -0.3 is 5.32 Å². The van der Waals surface area contributed by atoms with Gasteiger partial charge in [-0.25, -0.2) is 4.98 Å². The van der Waals surface area contributed by atoms with Gasteiger partial charge in [0, 0.05) is 12.5 Å². The number of aryl methyl sites for hydroxylation is 1. The molecule has 2 nitrogen and oxygen atoms in total. The molecule has 0 radical (unpaired) electrons. The van der Waals surface area contributed by atoms with Gasteiger partial charge >= 0.3 is 0 Å². The summed E-state index contributed by atoms with van der Waals surface area (Å²) in [6.45, 7) is 3.38. The van der Waals surface area contributed by atoms with Crippen LogP contribution in [-0.4, -0.2) is 17.6 Å². The Hall–Kier alpha value is -0.930. The molecule has 0 spiro atoms. The minimum Gasteiger partial charge on any atom is -0.314 e. The molecule has 90 valence electrons. The number of rotatable bonds is 3. The summed E-state index contributed by atoms with van der Waals surface area (Å²) in [5.41, 5.74) is 2.61. The number of aromatic nitrogens is 1. The first-order valence-electron chi connectivity index (χ1n) is 6.47. The maximum absolute atomic E-state index is 4.83. The fourth-order valence-electron chi connectivity index (χ4n) is 2.57. The lowest BCUT2D eigenvalue weighted by molar-refractivity contribution is 0.602. The third-order valence-electron chi connectivity index (χ3n) is 3.51. The van der Waals surface area contributed by atoms with Gasteiger partial charge in [0.1, 0.15) is 0 Å². The number of hydrogen-bond donors (Lipinski definition) is 1. The molecule has 3 rings (SSSR count). The van der Waals surface area contributed by atoms with Gasteiger partial charge in [0.25, 0.3) is 0 Å². The lowest BCUT2D eigenvalue weighted by atomic mass is 10.1. The van der Waals surface area contributed by atoms with E-state index >= 15 is 0 Å². The highest BCUT2D eigenvalue weighted by Gasteiger charge is 2.16. The molecule has 17 heavy (non-hydrogen) atoms. The minimum atomic E-state index is 0.653. The van der Waals surface area contributed by atoms with Crippen LogP contribution in [0.5, 0.6) is 0 Å². The van der Waals surface area contributed by atoms with Gasteiger partial charge in [-0.3, -0.25) is 0 Å². The molecule has 1 aliphatic rings. The summed E-state index contributed by atoms with van der Waals surface area (Å²) in [4.78, 5) is 4.83. The fraction of sp³-hybridized carbons (Fsp3) is 0.500. The smallest absolute Gasteiger partial charge is 0.0954 e. The van der Waals surface area contributed by atoms with Crippen molar-refractivity contribution in [1.82, 2.24) is 10.3 Å². The molecular weight excluding hydrogens is 228 g/mol. The predicted octanol–water partition coefficient (Wildman–Crippen LogP) is 3.15. The molecule has 0 bridgehead atoms. The van der Waals surface area contributed by atoms with Crippen molar-refractivity contribution in [3.8, 4) is 0 Å². The van der Waals surface area contributed by atoms with E-state index in [-0.39, 0.29) is 0 Å². The lowest BCUT2D eigenvalue weighted by Gasteiger charge is -2.05. The zero-order chi connectivity index (χ0) is 11.7. The Morgan fingerprint density at radius 3 is 3.18 bits per heavy atom. The van der Waals surface area contributed by atoms with E-state index in [1.165, 1.54) is 40.2 Å². The highest BCUT2D eigenvalue weighted by molar-refractivity contribution is 7.18. The molecule has 2 heterocycles. The van der Waals surface area contributed by atoms with Gasteiger partial charge in [-0.15, -0.1) is 11.3 Å². The average molecular weight is 246 g/mol. The van der Waals surface area contributed by atoms with E-state index < -0.39 is 0 Å². The van der Waals surface area contributed by atoms with Gasteiger partial charge in [-0.2, -0.15) is 0 Å². The normalized spacial score (nSPS) is 20.2. The van der Waals surface area contributed by atoms with Gasteiger partial charge in [-0.1, -0.05) is 19.1 Å². The van der Waals surface area contributed by atoms with Crippen LogP contribution in [0.3, 0.4) is 0 Å². The van der Waals surface area contributed by atoms with Crippen LogP contribution in [-0.2, 0) is 12.8 Å². The van der Waals surface area contributed by atoms with Crippen molar-refractivity contribution in [3.05, 3.63) is 28.8 Å². The van der Waals surface area contributed by atoms with Crippen molar-refractivity contribution in [1.29, 1.82) is 0 Å². The maximum Gasteiger partial charge on any atom is 0.0954 e. The monoisotopic (exact) mass is 246 g/mol. The van der Waals surface area contributed by atoms with E-state index in [4.69, 9.17) is 4.98 Å². The summed E-state index contributed by atoms with van der Waals surface area (Å²) >= 11 is 1.86. The Kier molecular flexibility index (Phi) is 3.12. The zero-order valence-corrected chi connectivity index (χ0v) is 11.0. The molecule has 1 N–H and O–H groups in total. The molecule has 3 heteroatoms. The second-order valence-electron chi connectivity index (χ2n) is 4.72. The molecule has 0 amide bonds. The fourth-order valence-corrected chi connectivity index (χ4v) is 3.66. The summed E-state index contributed by atoms with van der Waals surface area (Å²) in [6.07, 6.45) is 4.79. The largest absolute Gasteiger partial charge is 0.314 e. The summed E-state index contributed by atoms with van der Waals surface area (Å²) < 4.78 is 1.34. The maximum atomic E-state index is 4.83. The van der Waals surface area contributed by atoms with E-state index in [2.05, 4.69) is 30.4 Å². The van der Waals surface area contributed by atoms with Crippen LogP contribution in [0.4, 0.5) is 0 Å². The van der Waals surface area contributed by atoms with E-state index in [1.54, 1.807) is 0 Å². The topological polar surface area (TPSA) is 24.9 Å². The van der Waals surface area contributed by atoms with E-state index in [0.29, 0.717) is 6.04 Å². The van der Waals surface area contributed by atoms with Crippen LogP contribution in [0.1, 0.15) is 30.3 Å². The molecule has 1 aromatic carbocycles. The van der Waals surface area contributed by atoms with E-state index in [0.717, 1.165) is 12.8 Å². The SMILES string of the molecule is CCc1cccc2sc(CC3CCCN3)nc12. The summed E-state index contributed by atoms with van der Waals surface area (Å²) in [7, 11) is 0. The number of benzene rings is 1. The molecule has 0 aliphatic carbocycles. The van der Waals surface area contributed by atoms with Crippen LogP contribution in [0.15, 0.2) is 18.2 Å². The second kappa shape index (κ2) is 4.75. The zero-order valence-electron chi connectivity index (χ0n) is 10.2. The van der Waals surface area contributed by atoms with Crippen LogP contribution >= 0.6 is 11.3 Å². The number of fused-ring (bicyclic) bond motifs is 1. The number of para-hydroxylation sites is 1. The molecule has 0 saturated carbocycles. The summed E-state index contributed by atoms with van der Waals surface area (Å²) in [5, 5.41) is 4.84. The van der Waals surface area contributed by atoms with Crippen molar-refractivity contribution in [2.24, 2.45) is 0 Å². The molecule has 1 fully saturated rings. The Bertz CT molecular complexity index is 512. The lowest BCUT2D eigenvalue weighted by Crippen LogP contribution is -2.23. The Balaban J connectivity index is 1.90. The van der Waals surface area contributed by atoms with Crippen molar-refractivity contribution in [2.75, 3.05) is 6.54 Å². The minimum absolute atomic E-state index is 0.653. The molecule has 1 atom stereocenters. The second-order valence-corrected chi connectivity index (χ2v) is 5.84. The highest BCUT2D eigenvalue weighted by Crippen LogP contribution is 2.26. The number of nitrogens with one attached hydrogen (secondary N) is 1. The van der Waals surface area contributed by atoms with Crippen LogP contribution < -0.4 is 5.32 Å². The first kappa shape index (κ1) is 11.2. The molecule has 1 aromatic heterocycles. The van der Waals surface area contributed by atoms with E-state index in [9.17, 15) is 0 Å². The molecule has 1 unspecified atom stereocenters. The van der Waals surface area contributed by atoms with Crippen molar-refractivity contribution < 1.29 is 0 Å². The standard InChI is InChI=1S/C14H18N2S/c1-2-10-5-3-7-12-14(10)16-13(17-12)9-11-6-4-8-15-11/h3,5,7,11,15H,2,4,6,8-9H2,1H3. The van der Waals surface area contributed by atoms with Crippen LogP contribution in [0, 0.1) is 0 Å². The molecule has 1 aliphatic heterocycles. The number of thiazole rings is 1. The highest BCUT2D eigenvalue weighted by atomic mass is 32.1. The molecule has 2 aromatic rings. The number of nitrogens with zero attached hydrogens (tertiary/aromatic N) is 1. The Morgan fingerprint density at radius 2 is 2.41 bits per heavy atom. The summed E-state index contributed by atoms with van der Waals surface area (Å²) in [6, 6.07) is 7.19. The van der Waals surface area contributed by atoms with Gasteiger partial charge in [0.2, 0.25) is 0 Å². The molecule has 1 saturated heterocycles. The van der Waals surface area contributed by atoms with Crippen LogP contribution in [0.2, 0.25) is 0 Å². The third-order valence-corrected chi connectivity index (χ3v) is 4.55. The first-order valence-corrected chi connectivity index (χ1v) is 7.29. The third kappa shape index (κ3) is 2.22. The Labute approximate surface area is 106 Å². The van der Waals surface area contributed by atoms with E-state index in [1.807, 2.05) is 11.3 Å². The number of hydrogen-bond acceptors (Lipinski definition) is 3. The van der Waals surface area contributed by atoms with Crippen LogP contribution in [0.25, 0.3) is 10.2 Å². The van der Waals surface area contributed by atoms with Gasteiger partial charge in [-0.05, 0) is 37.4 Å². The Morgan fingerprint density at radius 1 is 1.47 bits per heavy atom. The van der Waals surface area contributed by atoms with Crippen molar-refractivity contribution >= 4 is 21.6 Å². The van der Waals surface area contributed by atoms with Crippen molar-refractivity contribution in [2.45, 2.75) is 38.6 Å². The van der Waals surface area contributed by atoms with Crippen molar-refractivity contribution in [3.63, 3.8) is 0 Å². The van der Waals surface area contributed by atoms with Gasteiger partial charge in [0.15, 0.2) is 0 Å². The molecular formula is C14H18N2S. The average Bonchev–Trinajstić information content (AvgIpc) is 2.97. The quantitative estimate of drug-likeness (QED) is 0.900. The predicted molar refractivity (Wildman–Crippen MR) is 73.7 cm³/mol. The first-order chi connectivity index (χ1) is 8.36. The van der Waals surface area contributed by atoms with Gasteiger partial charge in [0.05, 0.1) is 15.2 Å².